The van der Waals surface area contributed by atoms with Gasteiger partial charge < -0.3 is 4.74 Å². The van der Waals surface area contributed by atoms with Gasteiger partial charge in [-0.1, -0.05) is 0 Å². The van der Waals surface area contributed by atoms with Crippen molar-refractivity contribution in [1.82, 2.24) is 4.98 Å². The molecule has 1 aromatic heterocycles. The molecule has 0 aliphatic rings. The first-order valence-electron chi connectivity index (χ1n) is 4.23. The third-order valence-corrected chi connectivity index (χ3v) is 2.48. The second kappa shape index (κ2) is 5.25. The largest absolute Gasteiger partial charge is 0.573 e. The minimum absolute atomic E-state index is 0.149. The van der Waals surface area contributed by atoms with Crippen molar-refractivity contribution in [2.45, 2.75) is 19.0 Å². The molecule has 0 aliphatic carbocycles. The van der Waals surface area contributed by atoms with Crippen molar-refractivity contribution in [2.24, 2.45) is 0 Å². The van der Waals surface area contributed by atoms with Crippen molar-refractivity contribution < 1.29 is 39.9 Å². The molecule has 0 bridgehead atoms. The highest BCUT2D eigenvalue weighted by Gasteiger charge is 2.40. The van der Waals surface area contributed by atoms with Gasteiger partial charge in [0.15, 0.2) is 5.75 Å². The molecule has 11 heteroatoms. The Hall–Kier alpha value is -0.880. The number of nitrogens with zero attached hydrogens (tertiary/aromatic N) is 1. The zero-order valence-electron chi connectivity index (χ0n) is 8.41. The summed E-state index contributed by atoms with van der Waals surface area (Å²) in [5.74, 6) is -1.29. The summed E-state index contributed by atoms with van der Waals surface area (Å²) in [6, 6.07) is -0.149. The maximum absolute atomic E-state index is 12.4. The Balaban J connectivity index is 3.39. The van der Waals surface area contributed by atoms with E-state index < -0.39 is 39.7 Å². The van der Waals surface area contributed by atoms with Crippen LogP contribution in [-0.2, 0) is 6.18 Å². The molecule has 0 radical (unpaired) electrons. The van der Waals surface area contributed by atoms with E-state index in [1.54, 1.807) is 0 Å². The zero-order valence-corrected chi connectivity index (χ0v) is 10.6. The molecule has 0 spiro atoms. The van der Waals surface area contributed by atoms with E-state index in [1.807, 2.05) is 0 Å². The van der Waals surface area contributed by atoms with Crippen LogP contribution in [0, 0.1) is 3.70 Å². The number of rotatable bonds is 2. The fraction of sp³-hybridized carbons (Fsp3) is 0.375. The van der Waals surface area contributed by atoms with Gasteiger partial charge in [0.2, 0.25) is 0 Å². The van der Waals surface area contributed by atoms with Crippen LogP contribution < -0.4 is 4.74 Å². The molecular weight excluding hydrogens is 405 g/mol. The molecule has 19 heavy (non-hydrogen) atoms. The summed E-state index contributed by atoms with van der Waals surface area (Å²) in [6.45, 7) is 0. The van der Waals surface area contributed by atoms with E-state index in [1.165, 1.54) is 0 Å². The van der Waals surface area contributed by atoms with Crippen molar-refractivity contribution >= 4 is 22.6 Å². The average molecular weight is 407 g/mol. The predicted molar refractivity (Wildman–Crippen MR) is 53.6 cm³/mol. The summed E-state index contributed by atoms with van der Waals surface area (Å²) in [5, 5.41) is 0. The number of ether oxygens (including phenoxy) is 1. The molecule has 0 unspecified atom stereocenters. The highest BCUT2D eigenvalue weighted by molar-refractivity contribution is 14.1. The molecule has 1 aromatic rings. The number of hydrogen-bond acceptors (Lipinski definition) is 2. The van der Waals surface area contributed by atoms with Crippen LogP contribution in [0.3, 0.4) is 0 Å². The lowest BCUT2D eigenvalue weighted by molar-refractivity contribution is -0.275. The second-order valence-electron chi connectivity index (χ2n) is 3.06. The van der Waals surface area contributed by atoms with Crippen LogP contribution in [0.4, 0.5) is 35.1 Å². The van der Waals surface area contributed by atoms with E-state index in [4.69, 9.17) is 0 Å². The van der Waals surface area contributed by atoms with Crippen molar-refractivity contribution in [3.8, 4) is 5.75 Å². The molecular formula is C8H2F8INO. The molecule has 1 rings (SSSR count). The summed E-state index contributed by atoms with van der Waals surface area (Å²) >= 11 is 1.07. The number of halogens is 9. The van der Waals surface area contributed by atoms with E-state index in [2.05, 4.69) is 9.72 Å². The topological polar surface area (TPSA) is 22.1 Å². The van der Waals surface area contributed by atoms with Gasteiger partial charge in [-0.3, -0.25) is 0 Å². The molecule has 0 N–H and O–H groups in total. The van der Waals surface area contributed by atoms with Crippen LogP contribution >= 0.6 is 22.6 Å². The number of hydrogen-bond donors (Lipinski definition) is 0. The van der Waals surface area contributed by atoms with E-state index in [0.29, 0.717) is 0 Å². The number of alkyl halides is 8. The normalized spacial score (nSPS) is 12.9. The van der Waals surface area contributed by atoms with Crippen LogP contribution in [0.15, 0.2) is 6.07 Å². The minimum atomic E-state index is -5.27. The monoisotopic (exact) mass is 407 g/mol. The van der Waals surface area contributed by atoms with Gasteiger partial charge in [0.1, 0.15) is 9.39 Å². The maximum Gasteiger partial charge on any atom is 0.573 e. The summed E-state index contributed by atoms with van der Waals surface area (Å²) < 4.78 is 100. The smallest absolute Gasteiger partial charge is 0.403 e. The lowest BCUT2D eigenvalue weighted by Crippen LogP contribution is -2.20. The van der Waals surface area contributed by atoms with Crippen LogP contribution in [0.5, 0.6) is 5.75 Å². The lowest BCUT2D eigenvalue weighted by atomic mass is 10.2. The van der Waals surface area contributed by atoms with Gasteiger partial charge in [-0.15, -0.1) is 13.2 Å². The highest BCUT2D eigenvalue weighted by Crippen LogP contribution is 2.39. The Morgan fingerprint density at radius 3 is 2.00 bits per heavy atom. The lowest BCUT2D eigenvalue weighted by Gasteiger charge is -2.16. The molecule has 0 saturated heterocycles. The molecule has 0 aromatic carbocycles. The van der Waals surface area contributed by atoms with Gasteiger partial charge in [0.05, 0.1) is 5.56 Å². The van der Waals surface area contributed by atoms with Crippen LogP contribution in [-0.4, -0.2) is 11.3 Å². The van der Waals surface area contributed by atoms with Crippen molar-refractivity contribution in [3.05, 3.63) is 21.0 Å². The Bertz CT molecular complexity index is 469. The molecule has 0 aliphatic heterocycles. The first kappa shape index (κ1) is 16.2. The van der Waals surface area contributed by atoms with Crippen LogP contribution in [0.25, 0.3) is 0 Å². The minimum Gasteiger partial charge on any atom is -0.403 e. The summed E-state index contributed by atoms with van der Waals surface area (Å²) in [7, 11) is 0. The third-order valence-electron chi connectivity index (χ3n) is 1.71. The van der Waals surface area contributed by atoms with E-state index in [9.17, 15) is 35.1 Å². The van der Waals surface area contributed by atoms with Crippen molar-refractivity contribution in [3.63, 3.8) is 0 Å². The first-order chi connectivity index (χ1) is 8.42. The van der Waals surface area contributed by atoms with Gasteiger partial charge in [-0.05, 0) is 28.7 Å². The van der Waals surface area contributed by atoms with Crippen LogP contribution in [0.2, 0.25) is 0 Å². The Morgan fingerprint density at radius 1 is 1.11 bits per heavy atom. The van der Waals surface area contributed by atoms with E-state index in [0.717, 1.165) is 22.6 Å². The van der Waals surface area contributed by atoms with Gasteiger partial charge in [-0.2, -0.15) is 13.2 Å². The number of aromatic nitrogens is 1. The van der Waals surface area contributed by atoms with Gasteiger partial charge in [0.25, 0.3) is 6.43 Å². The molecule has 0 amide bonds. The molecule has 2 nitrogen and oxygen atoms in total. The Morgan fingerprint density at radius 2 is 1.63 bits per heavy atom. The quantitative estimate of drug-likeness (QED) is 0.408. The highest BCUT2D eigenvalue weighted by atomic mass is 127. The Labute approximate surface area is 113 Å². The average Bonchev–Trinajstić information content (AvgIpc) is 2.16. The number of pyridine rings is 1. The third kappa shape index (κ3) is 4.31. The Kier molecular flexibility index (Phi) is 4.47. The molecule has 0 saturated carbocycles. The molecule has 0 atom stereocenters. The zero-order chi connectivity index (χ0) is 15.0. The standard InChI is InChI=1S/C8H2F8INO/c9-5(10)4-2(7(11,12)13)1-3(6(17)18-4)19-8(14,15)16/h1,5H. The van der Waals surface area contributed by atoms with Gasteiger partial charge >= 0.3 is 12.5 Å². The second-order valence-corrected chi connectivity index (χ2v) is 4.08. The maximum atomic E-state index is 12.4. The van der Waals surface area contributed by atoms with E-state index in [-0.39, 0.29) is 6.07 Å². The fourth-order valence-corrected chi connectivity index (χ4v) is 1.60. The summed E-state index contributed by atoms with van der Waals surface area (Å²) in [5.41, 5.74) is -3.62. The SMILES string of the molecule is FC(F)c1nc(I)c(OC(F)(F)F)cc1C(F)(F)F. The fourth-order valence-electron chi connectivity index (χ4n) is 1.08. The molecule has 1 heterocycles. The summed E-state index contributed by atoms with van der Waals surface area (Å²) in [6.07, 6.45) is -14.1. The molecule has 108 valence electrons. The van der Waals surface area contributed by atoms with Crippen molar-refractivity contribution in [2.75, 3.05) is 0 Å². The van der Waals surface area contributed by atoms with Gasteiger partial charge in [0, 0.05) is 0 Å². The van der Waals surface area contributed by atoms with Gasteiger partial charge in [-0.25, -0.2) is 13.8 Å². The summed E-state index contributed by atoms with van der Waals surface area (Å²) in [4.78, 5) is 2.81. The predicted octanol–water partition coefficient (Wildman–Crippen LogP) is 4.54. The first-order valence-corrected chi connectivity index (χ1v) is 5.31. The van der Waals surface area contributed by atoms with Crippen molar-refractivity contribution in [1.29, 1.82) is 0 Å². The van der Waals surface area contributed by atoms with Crippen LogP contribution in [0.1, 0.15) is 17.7 Å². The van der Waals surface area contributed by atoms with E-state index >= 15 is 0 Å². The molecule has 0 fully saturated rings.